The van der Waals surface area contributed by atoms with Crippen LogP contribution in [0, 0.1) is 0 Å². The van der Waals surface area contributed by atoms with Crippen molar-refractivity contribution in [2.24, 2.45) is 17.2 Å². The molecule has 0 fully saturated rings. The number of rotatable bonds is 13. The van der Waals surface area contributed by atoms with Crippen molar-refractivity contribution in [1.29, 1.82) is 0 Å². The molecule has 4 atom stereocenters. The molecule has 4 unspecified atom stereocenters. The van der Waals surface area contributed by atoms with E-state index in [1.165, 1.54) is 6.92 Å². The molecule has 0 aliphatic carbocycles. The fourth-order valence-corrected chi connectivity index (χ4v) is 2.72. The average Bonchev–Trinajstić information content (AvgIpc) is 2.72. The van der Waals surface area contributed by atoms with Crippen molar-refractivity contribution in [1.82, 2.24) is 16.0 Å². The molecule has 0 saturated heterocycles. The first-order chi connectivity index (χ1) is 15.4. The number of carbonyl (C=O) groups is 6. The minimum absolute atomic E-state index is 0.0372. The predicted molar refractivity (Wildman–Crippen MR) is 115 cm³/mol. The smallest absolute Gasteiger partial charge is 0.326 e. The van der Waals surface area contributed by atoms with E-state index in [1.54, 1.807) is 30.3 Å². The second-order valence-corrected chi connectivity index (χ2v) is 7.33. The van der Waals surface area contributed by atoms with Crippen LogP contribution in [0.1, 0.15) is 25.3 Å². The van der Waals surface area contributed by atoms with Crippen molar-refractivity contribution in [3.63, 3.8) is 0 Å². The van der Waals surface area contributed by atoms with Gasteiger partial charge < -0.3 is 38.3 Å². The Hall–Kier alpha value is -4.00. The number of hydrogen-bond donors (Lipinski definition) is 7. The third-order valence-electron chi connectivity index (χ3n) is 4.45. The molecule has 0 spiro atoms. The van der Waals surface area contributed by atoms with Gasteiger partial charge in [-0.3, -0.25) is 24.0 Å². The molecule has 0 aliphatic rings. The molecule has 0 aliphatic heterocycles. The molecular formula is C20H28N6O7. The highest BCUT2D eigenvalue weighted by molar-refractivity contribution is 5.95. The lowest BCUT2D eigenvalue weighted by Crippen LogP contribution is -2.57. The molecule has 1 aromatic carbocycles. The molecule has 180 valence electrons. The number of carboxylic acid groups (broad SMARTS) is 1. The normalized spacial score (nSPS) is 14.1. The van der Waals surface area contributed by atoms with Crippen LogP contribution in [0.15, 0.2) is 30.3 Å². The van der Waals surface area contributed by atoms with E-state index in [9.17, 15) is 28.8 Å². The Labute approximate surface area is 189 Å². The molecule has 0 aromatic heterocycles. The summed E-state index contributed by atoms with van der Waals surface area (Å²) in [5.74, 6) is -5.64. The van der Waals surface area contributed by atoms with Gasteiger partial charge in [0.05, 0.1) is 18.9 Å². The second kappa shape index (κ2) is 12.8. The van der Waals surface area contributed by atoms with Gasteiger partial charge in [0.25, 0.3) is 0 Å². The molecule has 0 saturated carbocycles. The van der Waals surface area contributed by atoms with E-state index < -0.39 is 72.5 Å². The van der Waals surface area contributed by atoms with Crippen molar-refractivity contribution in [2.75, 3.05) is 0 Å². The zero-order valence-corrected chi connectivity index (χ0v) is 17.9. The Morgan fingerprint density at radius 1 is 0.818 bits per heavy atom. The number of aliphatic carboxylic acids is 1. The summed E-state index contributed by atoms with van der Waals surface area (Å²) in [5, 5.41) is 16.0. The Bertz CT molecular complexity index is 892. The molecule has 10 N–H and O–H groups in total. The summed E-state index contributed by atoms with van der Waals surface area (Å²) in [4.78, 5) is 70.6. The van der Waals surface area contributed by atoms with Crippen LogP contribution >= 0.6 is 0 Å². The van der Waals surface area contributed by atoms with Crippen LogP contribution in [0.4, 0.5) is 0 Å². The lowest BCUT2D eigenvalue weighted by Gasteiger charge is -2.23. The van der Waals surface area contributed by atoms with Crippen LogP contribution in [0.5, 0.6) is 0 Å². The monoisotopic (exact) mass is 464 g/mol. The third-order valence-corrected chi connectivity index (χ3v) is 4.45. The predicted octanol–water partition coefficient (Wildman–Crippen LogP) is -3.13. The van der Waals surface area contributed by atoms with Crippen LogP contribution in [0.2, 0.25) is 0 Å². The molecule has 33 heavy (non-hydrogen) atoms. The van der Waals surface area contributed by atoms with Crippen LogP contribution < -0.4 is 33.2 Å². The average molecular weight is 464 g/mol. The highest BCUT2D eigenvalue weighted by Gasteiger charge is 2.29. The Morgan fingerprint density at radius 3 is 1.88 bits per heavy atom. The van der Waals surface area contributed by atoms with Gasteiger partial charge in [0.2, 0.25) is 29.5 Å². The van der Waals surface area contributed by atoms with Crippen LogP contribution in [-0.4, -0.2) is 64.8 Å². The fraction of sp³-hybridized carbons (Fsp3) is 0.400. The van der Waals surface area contributed by atoms with E-state index in [0.717, 1.165) is 0 Å². The minimum Gasteiger partial charge on any atom is -0.480 e. The van der Waals surface area contributed by atoms with Crippen LogP contribution in [0.3, 0.4) is 0 Å². The van der Waals surface area contributed by atoms with Gasteiger partial charge >= 0.3 is 5.97 Å². The summed E-state index contributed by atoms with van der Waals surface area (Å²) >= 11 is 0. The first kappa shape index (κ1) is 27.0. The number of carboxylic acids is 1. The Balaban J connectivity index is 2.91. The molecule has 13 heteroatoms. The van der Waals surface area contributed by atoms with Crippen LogP contribution in [0.25, 0.3) is 0 Å². The number of hydrogen-bond acceptors (Lipinski definition) is 7. The number of primary amides is 2. The van der Waals surface area contributed by atoms with E-state index in [1.807, 2.05) is 0 Å². The number of benzene rings is 1. The Morgan fingerprint density at radius 2 is 1.36 bits per heavy atom. The summed E-state index contributed by atoms with van der Waals surface area (Å²) in [6.45, 7) is 1.29. The van der Waals surface area contributed by atoms with E-state index >= 15 is 0 Å². The maximum atomic E-state index is 12.8. The summed E-state index contributed by atoms with van der Waals surface area (Å²) in [5.41, 5.74) is 16.3. The SMILES string of the molecule is CC(NC(=O)C(Cc1ccccc1)NC(=O)C(N)CC(N)=O)C(=O)NC(CC(N)=O)C(=O)O. The highest BCUT2D eigenvalue weighted by atomic mass is 16.4. The van der Waals surface area contributed by atoms with Crippen molar-refractivity contribution in [2.45, 2.75) is 50.4 Å². The molecule has 1 aromatic rings. The molecule has 0 radical (unpaired) electrons. The van der Waals surface area contributed by atoms with Gasteiger partial charge in [-0.05, 0) is 12.5 Å². The van der Waals surface area contributed by atoms with Crippen LogP contribution in [-0.2, 0) is 35.2 Å². The molecule has 0 bridgehead atoms. The molecular weight excluding hydrogens is 436 g/mol. The van der Waals surface area contributed by atoms with Gasteiger partial charge in [-0.15, -0.1) is 0 Å². The number of carbonyl (C=O) groups excluding carboxylic acids is 5. The molecule has 13 nitrogen and oxygen atoms in total. The zero-order chi connectivity index (χ0) is 25.1. The lowest BCUT2D eigenvalue weighted by atomic mass is 10.0. The van der Waals surface area contributed by atoms with Gasteiger partial charge in [-0.2, -0.15) is 0 Å². The van der Waals surface area contributed by atoms with Crippen molar-refractivity contribution < 1.29 is 33.9 Å². The van der Waals surface area contributed by atoms with Gasteiger partial charge in [0, 0.05) is 6.42 Å². The maximum absolute atomic E-state index is 12.8. The van der Waals surface area contributed by atoms with Crippen molar-refractivity contribution in [3.05, 3.63) is 35.9 Å². The summed E-state index contributed by atoms with van der Waals surface area (Å²) in [6, 6.07) is 3.41. The van der Waals surface area contributed by atoms with E-state index in [2.05, 4.69) is 16.0 Å². The van der Waals surface area contributed by atoms with Gasteiger partial charge in [0.1, 0.15) is 18.1 Å². The third kappa shape index (κ3) is 9.78. The quantitative estimate of drug-likeness (QED) is 0.157. The Kier molecular flexibility index (Phi) is 10.5. The fourth-order valence-electron chi connectivity index (χ4n) is 2.72. The summed E-state index contributed by atoms with van der Waals surface area (Å²) < 4.78 is 0. The zero-order valence-electron chi connectivity index (χ0n) is 17.9. The first-order valence-corrected chi connectivity index (χ1v) is 9.90. The lowest BCUT2D eigenvalue weighted by molar-refractivity contribution is -0.143. The van der Waals surface area contributed by atoms with Crippen molar-refractivity contribution >= 4 is 35.5 Å². The number of nitrogens with one attached hydrogen (secondary N) is 3. The van der Waals surface area contributed by atoms with Crippen molar-refractivity contribution in [3.8, 4) is 0 Å². The molecule has 5 amide bonds. The van der Waals surface area contributed by atoms with E-state index in [-0.39, 0.29) is 6.42 Å². The number of nitrogens with two attached hydrogens (primary N) is 3. The van der Waals surface area contributed by atoms with E-state index in [4.69, 9.17) is 22.3 Å². The summed E-state index contributed by atoms with van der Waals surface area (Å²) in [7, 11) is 0. The van der Waals surface area contributed by atoms with Gasteiger partial charge in [-0.25, -0.2) is 4.79 Å². The number of amides is 5. The largest absolute Gasteiger partial charge is 0.480 e. The first-order valence-electron chi connectivity index (χ1n) is 9.90. The van der Waals surface area contributed by atoms with Gasteiger partial charge in [0.15, 0.2) is 0 Å². The minimum atomic E-state index is -1.57. The highest BCUT2D eigenvalue weighted by Crippen LogP contribution is 2.05. The maximum Gasteiger partial charge on any atom is 0.326 e. The standard InChI is InChI=1S/C20H28N6O7/c1-10(17(29)26-14(20(32)33)9-16(23)28)24-19(31)13(7-11-5-3-2-4-6-11)25-18(30)12(21)8-15(22)27/h2-6,10,12-14H,7-9,21H2,1H3,(H2,22,27)(H2,23,28)(H,24,31)(H,25,30)(H,26,29)(H,32,33). The second-order valence-electron chi connectivity index (χ2n) is 7.33. The molecule has 0 heterocycles. The van der Waals surface area contributed by atoms with Gasteiger partial charge in [-0.1, -0.05) is 30.3 Å². The topological polar surface area (TPSA) is 237 Å². The molecule has 1 rings (SSSR count). The van der Waals surface area contributed by atoms with E-state index in [0.29, 0.717) is 5.56 Å². The summed E-state index contributed by atoms with van der Waals surface area (Å²) in [6.07, 6.45) is -1.03.